The van der Waals surface area contributed by atoms with Gasteiger partial charge in [0.1, 0.15) is 0 Å². The van der Waals surface area contributed by atoms with E-state index in [1.165, 1.54) is 23.5 Å². The normalized spacial score (nSPS) is 13.5. The number of benzene rings is 1. The van der Waals surface area contributed by atoms with Crippen LogP contribution in [0.4, 0.5) is 18.3 Å². The van der Waals surface area contributed by atoms with Crippen molar-refractivity contribution in [3.05, 3.63) is 46.5 Å². The fourth-order valence-electron chi connectivity index (χ4n) is 2.30. The Morgan fingerprint density at radius 3 is 2.64 bits per heavy atom. The van der Waals surface area contributed by atoms with Crippen LogP contribution in [0, 0.1) is 0 Å². The van der Waals surface area contributed by atoms with Gasteiger partial charge in [0.05, 0.1) is 5.56 Å². The first-order valence-corrected chi connectivity index (χ1v) is 7.74. The lowest BCUT2D eigenvalue weighted by atomic mass is 10.0. The first-order valence-electron chi connectivity index (χ1n) is 6.92. The molecule has 0 aliphatic rings. The van der Waals surface area contributed by atoms with Crippen molar-refractivity contribution in [1.29, 1.82) is 0 Å². The summed E-state index contributed by atoms with van der Waals surface area (Å²) in [5.41, 5.74) is 5.65. The van der Waals surface area contributed by atoms with E-state index in [-0.39, 0.29) is 6.04 Å². The van der Waals surface area contributed by atoms with Gasteiger partial charge in [-0.15, -0.1) is 11.3 Å². The predicted molar refractivity (Wildman–Crippen MR) is 82.5 cm³/mol. The molecule has 0 saturated heterocycles. The Hall–Kier alpha value is -1.60. The van der Waals surface area contributed by atoms with Gasteiger partial charge in [0.25, 0.3) is 0 Å². The minimum Gasteiger partial charge on any atom is -0.375 e. The molecule has 0 aliphatic carbocycles. The molecule has 1 atom stereocenters. The molecule has 1 heterocycles. The number of thiazole rings is 1. The van der Waals surface area contributed by atoms with Gasteiger partial charge in [-0.1, -0.05) is 19.1 Å². The van der Waals surface area contributed by atoms with Gasteiger partial charge in [0.2, 0.25) is 0 Å². The molecule has 3 nitrogen and oxygen atoms in total. The molecule has 22 heavy (non-hydrogen) atoms. The fourth-order valence-corrected chi connectivity index (χ4v) is 3.01. The number of rotatable bonds is 5. The molecule has 120 valence electrons. The molecule has 2 rings (SSSR count). The quantitative estimate of drug-likeness (QED) is 0.888. The standard InChI is InChI=1S/C15H18F3N3S/c1-3-21(9-13-8-20-14(19)22-13)10(2)11-5-4-6-12(7-11)15(16,17)18/h4-8,10H,3,9H2,1-2H3,(H2,19,20). The highest BCUT2D eigenvalue weighted by Crippen LogP contribution is 2.32. The van der Waals surface area contributed by atoms with E-state index in [0.717, 1.165) is 17.5 Å². The van der Waals surface area contributed by atoms with Crippen molar-refractivity contribution in [3.63, 3.8) is 0 Å². The molecule has 1 unspecified atom stereocenters. The van der Waals surface area contributed by atoms with Crippen molar-refractivity contribution in [1.82, 2.24) is 9.88 Å². The Morgan fingerprint density at radius 2 is 2.09 bits per heavy atom. The summed E-state index contributed by atoms with van der Waals surface area (Å²) in [6.07, 6.45) is -2.61. The third-order valence-electron chi connectivity index (χ3n) is 3.58. The molecule has 7 heteroatoms. The second-order valence-corrected chi connectivity index (χ2v) is 6.17. The molecule has 0 spiro atoms. The lowest BCUT2D eigenvalue weighted by Gasteiger charge is -2.28. The monoisotopic (exact) mass is 329 g/mol. The average molecular weight is 329 g/mol. The third kappa shape index (κ3) is 3.98. The van der Waals surface area contributed by atoms with Crippen molar-refractivity contribution in [3.8, 4) is 0 Å². The molecule has 2 N–H and O–H groups in total. The highest BCUT2D eigenvalue weighted by Gasteiger charge is 2.31. The van der Waals surface area contributed by atoms with Gasteiger partial charge in [0, 0.05) is 23.7 Å². The summed E-state index contributed by atoms with van der Waals surface area (Å²) in [6, 6.07) is 5.36. The number of alkyl halides is 3. The van der Waals surface area contributed by atoms with E-state index in [2.05, 4.69) is 9.88 Å². The van der Waals surface area contributed by atoms with E-state index in [4.69, 9.17) is 5.73 Å². The number of nitrogen functional groups attached to an aromatic ring is 1. The number of nitrogens with zero attached hydrogens (tertiary/aromatic N) is 2. The van der Waals surface area contributed by atoms with Crippen LogP contribution in [0.15, 0.2) is 30.5 Å². The van der Waals surface area contributed by atoms with Crippen LogP contribution < -0.4 is 5.73 Å². The zero-order chi connectivity index (χ0) is 16.3. The van der Waals surface area contributed by atoms with Crippen molar-refractivity contribution >= 4 is 16.5 Å². The maximum atomic E-state index is 12.8. The smallest absolute Gasteiger partial charge is 0.375 e. The van der Waals surface area contributed by atoms with Crippen LogP contribution in [-0.4, -0.2) is 16.4 Å². The summed E-state index contributed by atoms with van der Waals surface area (Å²) < 4.78 is 38.5. The first-order chi connectivity index (χ1) is 10.3. The van der Waals surface area contributed by atoms with Crippen molar-refractivity contribution in [2.24, 2.45) is 0 Å². The minimum atomic E-state index is -4.32. The van der Waals surface area contributed by atoms with Crippen LogP contribution in [0.1, 0.15) is 35.9 Å². The van der Waals surface area contributed by atoms with Crippen LogP contribution in [-0.2, 0) is 12.7 Å². The fraction of sp³-hybridized carbons (Fsp3) is 0.400. The highest BCUT2D eigenvalue weighted by molar-refractivity contribution is 7.15. The Kier molecular flexibility index (Phi) is 5.08. The molecule has 0 amide bonds. The van der Waals surface area contributed by atoms with E-state index in [1.54, 1.807) is 12.3 Å². The van der Waals surface area contributed by atoms with Crippen molar-refractivity contribution in [2.75, 3.05) is 12.3 Å². The maximum absolute atomic E-state index is 12.8. The molecule has 0 fully saturated rings. The Balaban J connectivity index is 2.19. The zero-order valence-corrected chi connectivity index (χ0v) is 13.2. The van der Waals surface area contributed by atoms with Crippen LogP contribution in [0.2, 0.25) is 0 Å². The number of hydrogen-bond donors (Lipinski definition) is 1. The van der Waals surface area contributed by atoms with Gasteiger partial charge in [-0.2, -0.15) is 13.2 Å². The maximum Gasteiger partial charge on any atom is 0.416 e. The molecule has 0 radical (unpaired) electrons. The number of anilines is 1. The van der Waals surface area contributed by atoms with Gasteiger partial charge < -0.3 is 5.73 Å². The minimum absolute atomic E-state index is 0.129. The zero-order valence-electron chi connectivity index (χ0n) is 12.4. The molecular formula is C15H18F3N3S. The van der Waals surface area contributed by atoms with E-state index < -0.39 is 11.7 Å². The summed E-state index contributed by atoms with van der Waals surface area (Å²) in [4.78, 5) is 7.09. The molecule has 1 aromatic heterocycles. The number of hydrogen-bond acceptors (Lipinski definition) is 4. The summed E-state index contributed by atoms with van der Waals surface area (Å²) in [6.45, 7) is 5.22. The van der Waals surface area contributed by atoms with Gasteiger partial charge in [-0.3, -0.25) is 4.90 Å². The second-order valence-electron chi connectivity index (χ2n) is 5.03. The van der Waals surface area contributed by atoms with Crippen LogP contribution in [0.3, 0.4) is 0 Å². The van der Waals surface area contributed by atoms with Gasteiger partial charge in [-0.25, -0.2) is 4.98 Å². The SMILES string of the molecule is CCN(Cc1cnc(N)s1)C(C)c1cccc(C(F)(F)F)c1. The molecule has 0 bridgehead atoms. The Labute approximate surface area is 131 Å². The summed E-state index contributed by atoms with van der Waals surface area (Å²) in [5, 5.41) is 0.498. The van der Waals surface area contributed by atoms with Crippen LogP contribution in [0.25, 0.3) is 0 Å². The number of nitrogens with two attached hydrogens (primary N) is 1. The van der Waals surface area contributed by atoms with E-state index >= 15 is 0 Å². The average Bonchev–Trinajstić information content (AvgIpc) is 2.88. The van der Waals surface area contributed by atoms with E-state index in [9.17, 15) is 13.2 Å². The summed E-state index contributed by atoms with van der Waals surface area (Å²) >= 11 is 1.40. The molecule has 1 aromatic carbocycles. The molecule has 0 saturated carbocycles. The number of aromatic nitrogens is 1. The predicted octanol–water partition coefficient (Wildman–Crippen LogP) is 4.33. The van der Waals surface area contributed by atoms with Crippen LogP contribution in [0.5, 0.6) is 0 Å². The lowest BCUT2D eigenvalue weighted by molar-refractivity contribution is -0.137. The van der Waals surface area contributed by atoms with E-state index in [0.29, 0.717) is 17.2 Å². The second kappa shape index (κ2) is 6.66. The molecular weight excluding hydrogens is 311 g/mol. The lowest BCUT2D eigenvalue weighted by Crippen LogP contribution is -2.26. The third-order valence-corrected chi connectivity index (χ3v) is 4.39. The highest BCUT2D eigenvalue weighted by atomic mass is 32.1. The van der Waals surface area contributed by atoms with E-state index in [1.807, 2.05) is 13.8 Å². The van der Waals surface area contributed by atoms with Crippen LogP contribution >= 0.6 is 11.3 Å². The summed E-state index contributed by atoms with van der Waals surface area (Å²) in [5.74, 6) is 0. The Bertz CT molecular complexity index is 624. The molecule has 0 aliphatic heterocycles. The van der Waals surface area contributed by atoms with Gasteiger partial charge >= 0.3 is 6.18 Å². The largest absolute Gasteiger partial charge is 0.416 e. The van der Waals surface area contributed by atoms with Gasteiger partial charge in [0.15, 0.2) is 5.13 Å². The van der Waals surface area contributed by atoms with Gasteiger partial charge in [-0.05, 0) is 31.2 Å². The summed E-state index contributed by atoms with van der Waals surface area (Å²) in [7, 11) is 0. The molecule has 2 aromatic rings. The topological polar surface area (TPSA) is 42.2 Å². The Morgan fingerprint density at radius 1 is 1.36 bits per heavy atom. The van der Waals surface area contributed by atoms with Crippen molar-refractivity contribution in [2.45, 2.75) is 32.6 Å². The number of halogens is 3. The van der Waals surface area contributed by atoms with Crippen molar-refractivity contribution < 1.29 is 13.2 Å². The first kappa shape index (κ1) is 16.8.